The van der Waals surface area contributed by atoms with Crippen LogP contribution in [0, 0.1) is 11.8 Å². The minimum Gasteiger partial charge on any atom is -0.468 e. The highest BCUT2D eigenvalue weighted by molar-refractivity contribution is 6.74. The first kappa shape index (κ1) is 24.9. The van der Waals surface area contributed by atoms with Gasteiger partial charge in [-0.25, -0.2) is 0 Å². The third-order valence-corrected chi connectivity index (χ3v) is 9.72. The molecule has 0 aromatic carbocycles. The van der Waals surface area contributed by atoms with Crippen molar-refractivity contribution < 1.29 is 23.5 Å². The van der Waals surface area contributed by atoms with Crippen LogP contribution < -0.4 is 0 Å². The molecule has 0 amide bonds. The number of esters is 2. The van der Waals surface area contributed by atoms with Crippen molar-refractivity contribution in [2.24, 2.45) is 11.8 Å². The molecule has 0 saturated heterocycles. The quantitative estimate of drug-likeness (QED) is 0.235. The molecule has 0 radical (unpaired) electrons. The van der Waals surface area contributed by atoms with Crippen LogP contribution in [0.3, 0.4) is 0 Å². The minimum atomic E-state index is -1.88. The molecule has 5 nitrogen and oxygen atoms in total. The molecule has 0 aromatic heterocycles. The van der Waals surface area contributed by atoms with E-state index in [1.807, 2.05) is 19.1 Å². The zero-order chi connectivity index (χ0) is 20.5. The average molecular weight is 387 g/mol. The van der Waals surface area contributed by atoms with E-state index in [1.165, 1.54) is 14.2 Å². The van der Waals surface area contributed by atoms with Gasteiger partial charge in [-0.15, -0.1) is 0 Å². The van der Waals surface area contributed by atoms with Gasteiger partial charge in [0.05, 0.1) is 20.3 Å². The number of allylic oxidation sites excluding steroid dienone is 1. The van der Waals surface area contributed by atoms with E-state index in [4.69, 9.17) is 13.9 Å². The lowest BCUT2D eigenvalue weighted by Gasteiger charge is -2.38. The van der Waals surface area contributed by atoms with Crippen molar-refractivity contribution in [2.45, 2.75) is 78.1 Å². The van der Waals surface area contributed by atoms with E-state index in [1.54, 1.807) is 0 Å². The van der Waals surface area contributed by atoms with Crippen LogP contribution in [0.4, 0.5) is 0 Å². The number of unbranched alkanes of at least 4 members (excludes halogenated alkanes) is 1. The molecule has 2 atom stereocenters. The van der Waals surface area contributed by atoms with E-state index in [0.717, 1.165) is 12.8 Å². The van der Waals surface area contributed by atoms with Crippen molar-refractivity contribution in [3.05, 3.63) is 12.2 Å². The van der Waals surface area contributed by atoms with Crippen molar-refractivity contribution in [2.75, 3.05) is 14.2 Å². The maximum atomic E-state index is 12.1. The number of ether oxygens (including phenoxy) is 2. The van der Waals surface area contributed by atoms with Crippen molar-refractivity contribution in [3.63, 3.8) is 0 Å². The first-order valence-electron chi connectivity index (χ1n) is 9.43. The summed E-state index contributed by atoms with van der Waals surface area (Å²) in [7, 11) is 0.703. The fourth-order valence-corrected chi connectivity index (χ4v) is 3.86. The molecule has 0 fully saturated rings. The Bertz CT molecular complexity index is 463. The van der Waals surface area contributed by atoms with Gasteiger partial charge in [-0.2, -0.15) is 0 Å². The SMILES string of the molecule is CCCC[C@@H](/C=C/[C@@H](C)O[Si](C)(C)C(C)(C)C)C(C(=O)OC)C(=O)OC. The van der Waals surface area contributed by atoms with Gasteiger partial charge in [0.2, 0.25) is 0 Å². The smallest absolute Gasteiger partial charge is 0.320 e. The summed E-state index contributed by atoms with van der Waals surface area (Å²) in [6, 6.07) is 0. The van der Waals surface area contributed by atoms with Crippen molar-refractivity contribution in [3.8, 4) is 0 Å². The van der Waals surface area contributed by atoms with Crippen LogP contribution in [0.5, 0.6) is 0 Å². The molecule has 0 heterocycles. The molecular weight excluding hydrogens is 348 g/mol. The van der Waals surface area contributed by atoms with E-state index in [0.29, 0.717) is 6.42 Å². The molecule has 0 rings (SSSR count). The van der Waals surface area contributed by atoms with Gasteiger partial charge in [0.1, 0.15) is 0 Å². The molecule has 26 heavy (non-hydrogen) atoms. The third kappa shape index (κ3) is 7.62. The van der Waals surface area contributed by atoms with Gasteiger partial charge in [-0.3, -0.25) is 9.59 Å². The summed E-state index contributed by atoms with van der Waals surface area (Å²) in [4.78, 5) is 24.3. The van der Waals surface area contributed by atoms with Gasteiger partial charge in [-0.1, -0.05) is 52.7 Å². The Kier molecular flexibility index (Phi) is 10.4. The zero-order valence-electron chi connectivity index (χ0n) is 18.0. The molecule has 152 valence electrons. The lowest BCUT2D eigenvalue weighted by atomic mass is 9.87. The summed E-state index contributed by atoms with van der Waals surface area (Å²) in [5.74, 6) is -2.31. The summed E-state index contributed by atoms with van der Waals surface area (Å²) in [6.45, 7) is 15.1. The second-order valence-electron chi connectivity index (χ2n) is 8.30. The molecular formula is C20H38O5Si. The van der Waals surface area contributed by atoms with Gasteiger partial charge in [0.25, 0.3) is 0 Å². The summed E-state index contributed by atoms with van der Waals surface area (Å²) in [5.41, 5.74) is 0. The maximum Gasteiger partial charge on any atom is 0.320 e. The lowest BCUT2D eigenvalue weighted by molar-refractivity contribution is -0.160. The number of methoxy groups -OCH3 is 2. The normalized spacial score (nSPS) is 15.2. The Morgan fingerprint density at radius 3 is 1.92 bits per heavy atom. The van der Waals surface area contributed by atoms with Crippen LogP contribution >= 0.6 is 0 Å². The highest BCUT2D eigenvalue weighted by Crippen LogP contribution is 2.37. The fraction of sp³-hybridized carbons (Fsp3) is 0.800. The molecule has 0 aliphatic heterocycles. The van der Waals surface area contributed by atoms with Gasteiger partial charge in [-0.05, 0) is 31.5 Å². The van der Waals surface area contributed by atoms with Crippen LogP contribution in [-0.2, 0) is 23.5 Å². The highest BCUT2D eigenvalue weighted by atomic mass is 28.4. The topological polar surface area (TPSA) is 61.8 Å². The Balaban J connectivity index is 5.38. The lowest BCUT2D eigenvalue weighted by Crippen LogP contribution is -2.43. The number of carbonyl (C=O) groups is 2. The Morgan fingerprint density at radius 2 is 1.54 bits per heavy atom. The van der Waals surface area contributed by atoms with Crippen molar-refractivity contribution in [1.82, 2.24) is 0 Å². The van der Waals surface area contributed by atoms with E-state index < -0.39 is 26.2 Å². The molecule has 0 aliphatic carbocycles. The zero-order valence-corrected chi connectivity index (χ0v) is 19.0. The summed E-state index contributed by atoms with van der Waals surface area (Å²) < 4.78 is 16.0. The van der Waals surface area contributed by atoms with E-state index in [9.17, 15) is 9.59 Å². The number of carbonyl (C=O) groups excluding carboxylic acids is 2. The van der Waals surface area contributed by atoms with Gasteiger partial charge < -0.3 is 13.9 Å². The van der Waals surface area contributed by atoms with Gasteiger partial charge in [0.15, 0.2) is 14.2 Å². The van der Waals surface area contributed by atoms with Crippen LogP contribution in [0.1, 0.15) is 53.9 Å². The molecule has 0 aromatic rings. The molecule has 0 bridgehead atoms. The van der Waals surface area contributed by atoms with E-state index in [2.05, 4.69) is 40.8 Å². The Labute approximate surface area is 160 Å². The molecule has 0 saturated carbocycles. The standard InChI is InChI=1S/C20H38O5Si/c1-10-11-12-16(17(18(21)23-6)19(22)24-7)14-13-15(2)25-26(8,9)20(3,4)5/h13-17H,10-12H2,1-9H3/b14-13+/t15-,16+/m1/s1. The van der Waals surface area contributed by atoms with Crippen LogP contribution in [0.25, 0.3) is 0 Å². The van der Waals surface area contributed by atoms with E-state index >= 15 is 0 Å². The van der Waals surface area contributed by atoms with Gasteiger partial charge in [0, 0.05) is 5.92 Å². The molecule has 0 spiro atoms. The average Bonchev–Trinajstić information content (AvgIpc) is 2.54. The van der Waals surface area contributed by atoms with Gasteiger partial charge >= 0.3 is 11.9 Å². The highest BCUT2D eigenvalue weighted by Gasteiger charge is 2.38. The van der Waals surface area contributed by atoms with Crippen molar-refractivity contribution in [1.29, 1.82) is 0 Å². The van der Waals surface area contributed by atoms with Crippen LogP contribution in [0.15, 0.2) is 12.2 Å². The monoisotopic (exact) mass is 386 g/mol. The van der Waals surface area contributed by atoms with Crippen molar-refractivity contribution >= 4 is 20.3 Å². The molecule has 0 N–H and O–H groups in total. The van der Waals surface area contributed by atoms with Crippen LogP contribution in [0.2, 0.25) is 18.1 Å². The van der Waals surface area contributed by atoms with E-state index in [-0.39, 0.29) is 17.1 Å². The predicted octanol–water partition coefficient (Wildman–Crippen LogP) is 4.72. The number of rotatable bonds is 10. The second-order valence-corrected chi connectivity index (χ2v) is 13.1. The second kappa shape index (κ2) is 10.9. The fourth-order valence-electron chi connectivity index (χ4n) is 2.49. The maximum absolute atomic E-state index is 12.1. The van der Waals surface area contributed by atoms with Crippen LogP contribution in [-0.4, -0.2) is 40.6 Å². The Hall–Kier alpha value is -1.14. The largest absolute Gasteiger partial charge is 0.468 e. The number of hydrogen-bond donors (Lipinski definition) is 0. The molecule has 6 heteroatoms. The summed E-state index contributed by atoms with van der Waals surface area (Å²) in [5, 5.41) is 0.122. The summed E-state index contributed by atoms with van der Waals surface area (Å²) >= 11 is 0. The first-order chi connectivity index (χ1) is 11.9. The minimum absolute atomic E-state index is 0.0871. The first-order valence-corrected chi connectivity index (χ1v) is 12.3. The molecule has 0 unspecified atom stereocenters. The number of hydrogen-bond acceptors (Lipinski definition) is 5. The molecule has 0 aliphatic rings. The third-order valence-electron chi connectivity index (χ3n) is 5.15. The predicted molar refractivity (Wildman–Crippen MR) is 107 cm³/mol. The summed E-state index contributed by atoms with van der Waals surface area (Å²) in [6.07, 6.45) is 6.41. The Morgan fingerprint density at radius 1 is 1.04 bits per heavy atom.